The molecule has 4 fully saturated rings. The molecule has 7 atom stereocenters. The molecule has 0 radical (unpaired) electrons. The molecule has 4 aliphatic rings. The van der Waals surface area contributed by atoms with Crippen molar-refractivity contribution in [3.63, 3.8) is 0 Å². The van der Waals surface area contributed by atoms with E-state index in [1.54, 1.807) is 70.2 Å². The number of ether oxygens (including phenoxy) is 2. The fourth-order valence-corrected chi connectivity index (χ4v) is 10.0. The summed E-state index contributed by atoms with van der Waals surface area (Å²) in [7, 11) is 2.88. The molecule has 272 valence electrons. The molecule has 51 heavy (non-hydrogen) atoms. The molecule has 0 spiro atoms. The number of benzene rings is 2. The third kappa shape index (κ3) is 6.59. The summed E-state index contributed by atoms with van der Waals surface area (Å²) in [4.78, 5) is 79.8. The second kappa shape index (κ2) is 14.1. The predicted molar refractivity (Wildman–Crippen MR) is 189 cm³/mol. The fourth-order valence-electron chi connectivity index (χ4n) is 6.79. The van der Waals surface area contributed by atoms with Gasteiger partial charge in [-0.3, -0.25) is 24.2 Å². The van der Waals surface area contributed by atoms with Gasteiger partial charge < -0.3 is 40.1 Å². The van der Waals surface area contributed by atoms with Gasteiger partial charge in [-0.05, 0) is 52.1 Å². The van der Waals surface area contributed by atoms with Crippen LogP contribution in [0, 0.1) is 0 Å². The van der Waals surface area contributed by atoms with E-state index in [9.17, 15) is 39.0 Å². The van der Waals surface area contributed by atoms with Crippen LogP contribution < -0.4 is 20.1 Å². The van der Waals surface area contributed by atoms with Crippen LogP contribution in [0.15, 0.2) is 53.5 Å². The van der Waals surface area contributed by atoms with Crippen LogP contribution in [-0.2, 0) is 24.0 Å². The first kappa shape index (κ1) is 37.5. The highest BCUT2D eigenvalue weighted by atomic mass is 32.2. The van der Waals surface area contributed by atoms with E-state index >= 15 is 0 Å². The zero-order valence-electron chi connectivity index (χ0n) is 28.7. The number of rotatable bonds is 10. The molecule has 2 aromatic carbocycles. The van der Waals surface area contributed by atoms with Gasteiger partial charge in [0.15, 0.2) is 6.04 Å². The maximum atomic E-state index is 12.8. The minimum absolute atomic E-state index is 0.195. The maximum Gasteiger partial charge on any atom is 0.327 e. The molecule has 4 N–H and O–H groups in total. The smallest absolute Gasteiger partial charge is 0.327 e. The van der Waals surface area contributed by atoms with Crippen LogP contribution in [0.1, 0.15) is 49.7 Å². The van der Waals surface area contributed by atoms with E-state index in [4.69, 9.17) is 9.47 Å². The van der Waals surface area contributed by atoms with Crippen LogP contribution in [0.4, 0.5) is 0 Å². The van der Waals surface area contributed by atoms with Crippen LogP contribution in [0.5, 0.6) is 11.5 Å². The first-order chi connectivity index (χ1) is 24.0. The summed E-state index contributed by atoms with van der Waals surface area (Å²) in [5.74, 6) is -3.13. The highest BCUT2D eigenvalue weighted by Crippen LogP contribution is 2.52. The molecule has 0 unspecified atom stereocenters. The van der Waals surface area contributed by atoms with Gasteiger partial charge >= 0.3 is 11.9 Å². The molecule has 2 aromatic rings. The van der Waals surface area contributed by atoms with Gasteiger partial charge in [0, 0.05) is 9.49 Å². The van der Waals surface area contributed by atoms with Gasteiger partial charge in [-0.25, -0.2) is 9.59 Å². The Morgan fingerprint density at radius 2 is 1.24 bits per heavy atom. The lowest BCUT2D eigenvalue weighted by Crippen LogP contribution is -2.70. The van der Waals surface area contributed by atoms with Gasteiger partial charge in [-0.1, -0.05) is 36.4 Å². The van der Waals surface area contributed by atoms with E-state index in [0.717, 1.165) is 0 Å². The lowest BCUT2D eigenvalue weighted by atomic mass is 9.95. The van der Waals surface area contributed by atoms with Gasteiger partial charge in [-0.15, -0.1) is 23.5 Å². The van der Waals surface area contributed by atoms with Gasteiger partial charge in [0.05, 0.1) is 14.2 Å². The summed E-state index contributed by atoms with van der Waals surface area (Å²) in [5, 5.41) is 23.5. The van der Waals surface area contributed by atoms with Crippen molar-refractivity contribution >= 4 is 65.8 Å². The number of carboxylic acid groups (broad SMARTS) is 2. The van der Waals surface area contributed by atoms with Crippen LogP contribution in [0.25, 0.3) is 0 Å². The van der Waals surface area contributed by atoms with E-state index in [2.05, 4.69) is 22.3 Å². The Kier molecular flexibility index (Phi) is 10.4. The van der Waals surface area contributed by atoms with E-state index in [1.807, 2.05) is 6.07 Å². The summed E-state index contributed by atoms with van der Waals surface area (Å²) in [6.45, 7) is 10.6. The number of aliphatic imine (C=N–C) groups is 1. The summed E-state index contributed by atoms with van der Waals surface area (Å²) in [5.41, 5.74) is 0.877. The van der Waals surface area contributed by atoms with Crippen molar-refractivity contribution < 1.29 is 48.5 Å². The summed E-state index contributed by atoms with van der Waals surface area (Å²) < 4.78 is 9.17. The number of fused-ring (bicyclic) bond motifs is 2. The molecule has 4 aliphatic heterocycles. The predicted octanol–water partition coefficient (Wildman–Crippen LogP) is 2.01. The summed E-state index contributed by atoms with van der Waals surface area (Å²) in [6, 6.07) is 9.75. The number of carbonyl (C=O) groups excluding carboxylic acids is 4. The van der Waals surface area contributed by atoms with Crippen molar-refractivity contribution in [3.8, 4) is 11.5 Å². The van der Waals surface area contributed by atoms with E-state index in [-0.39, 0.29) is 16.8 Å². The van der Waals surface area contributed by atoms with Crippen LogP contribution in [0.3, 0.4) is 0 Å². The quantitative estimate of drug-likeness (QED) is 0.204. The minimum Gasteiger partial charge on any atom is -0.496 e. The molecule has 15 nitrogen and oxygen atoms in total. The Morgan fingerprint density at radius 1 is 0.784 bits per heavy atom. The number of nitrogens with one attached hydrogen (secondary N) is 2. The number of hydrogen-bond acceptors (Lipinski definition) is 11. The van der Waals surface area contributed by atoms with Gasteiger partial charge in [-0.2, -0.15) is 0 Å². The lowest BCUT2D eigenvalue weighted by molar-refractivity contribution is -0.161. The number of carbonyl (C=O) groups is 6. The third-order valence-corrected chi connectivity index (χ3v) is 12.3. The summed E-state index contributed by atoms with van der Waals surface area (Å²) in [6.07, 6.45) is 0. The zero-order chi connectivity index (χ0) is 37.6. The van der Waals surface area contributed by atoms with E-state index < -0.39 is 74.7 Å². The number of carboxylic acids is 2. The van der Waals surface area contributed by atoms with Gasteiger partial charge in [0.25, 0.3) is 5.91 Å². The third-order valence-electron chi connectivity index (χ3n) is 9.14. The normalized spacial score (nSPS) is 26.9. The lowest BCUT2D eigenvalue weighted by Gasteiger charge is -2.43. The molecule has 4 heterocycles. The number of hydrogen-bond donors (Lipinski definition) is 4. The number of methoxy groups -OCH3 is 2. The molecule has 0 saturated carbocycles. The maximum absolute atomic E-state index is 12.8. The number of thioether (sulfide) groups is 2. The largest absolute Gasteiger partial charge is 0.496 e. The standard InChI is InChI=1S/C17H19N3O4S.C17H20N2O6S/c1-17(2)12(16(23)24)20-14(22)11(15(20)25-17)19-13(21)10(18-3)9-7-5-4-6-8-9;1-17(2)12(16(22)23)19-14(21)11(15(19)26-17)18-13(20)10-8(24-3)6-5-7-9(10)25-4/h4-8,10-12,15H,3H2,1-2H3,(H,19,21)(H,23,24);5-7,11-12,15H,1-4H3,(H,18,20)(H,22,23)/t10-,11-,12+,15-;11-,12+,15-/m11/s1. The van der Waals surface area contributed by atoms with Crippen molar-refractivity contribution in [2.45, 2.75) is 78.1 Å². The Balaban J connectivity index is 0.000000198. The molecule has 4 saturated heterocycles. The van der Waals surface area contributed by atoms with Crippen molar-refractivity contribution in [2.24, 2.45) is 4.99 Å². The average molecular weight is 742 g/mol. The van der Waals surface area contributed by atoms with E-state index in [1.165, 1.54) is 47.5 Å². The van der Waals surface area contributed by atoms with Crippen LogP contribution >= 0.6 is 23.5 Å². The second-order valence-corrected chi connectivity index (χ2v) is 16.7. The first-order valence-corrected chi connectivity index (χ1v) is 17.5. The molecular weight excluding hydrogens is 703 g/mol. The molecule has 0 bridgehead atoms. The topological polar surface area (TPSA) is 204 Å². The molecule has 17 heteroatoms. The molecule has 0 aromatic heterocycles. The highest BCUT2D eigenvalue weighted by molar-refractivity contribution is 8.02. The second-order valence-electron chi connectivity index (χ2n) is 13.2. The number of amides is 4. The Morgan fingerprint density at radius 3 is 1.65 bits per heavy atom. The van der Waals surface area contributed by atoms with Crippen molar-refractivity contribution in [3.05, 3.63) is 59.7 Å². The summed E-state index contributed by atoms with van der Waals surface area (Å²) >= 11 is 2.76. The zero-order valence-corrected chi connectivity index (χ0v) is 30.3. The SMILES string of the molecule is C=N[C@@H](C(=O)N[C@@H]1C(=O)N2[C@@H]1SC(C)(C)[C@@H]2C(=O)O)c1ccccc1.COc1cccc(OC)c1C(=O)N[C@@H]1C(=O)N2[C@@H]1SC(C)(C)[C@@H]2C(=O)O. The number of β-lactam (4-membered cyclic amide) rings is 2. The monoisotopic (exact) mass is 741 g/mol. The number of aliphatic carboxylic acids is 2. The Bertz CT molecular complexity index is 1750. The molecule has 0 aliphatic carbocycles. The average Bonchev–Trinajstić information content (AvgIpc) is 3.51. The molecular formula is C34H39N5O10S2. The first-order valence-electron chi connectivity index (χ1n) is 15.8. The van der Waals surface area contributed by atoms with Crippen molar-refractivity contribution in [2.75, 3.05) is 14.2 Å². The van der Waals surface area contributed by atoms with Crippen molar-refractivity contribution in [1.82, 2.24) is 20.4 Å². The number of nitrogens with zero attached hydrogens (tertiary/aromatic N) is 3. The minimum atomic E-state index is -1.05. The Hall–Kier alpha value is -4.77. The van der Waals surface area contributed by atoms with Crippen LogP contribution in [0.2, 0.25) is 0 Å². The molecule has 4 amide bonds. The molecule has 6 rings (SSSR count). The highest BCUT2D eigenvalue weighted by Gasteiger charge is 2.65. The van der Waals surface area contributed by atoms with Gasteiger partial charge in [0.1, 0.15) is 52.0 Å². The van der Waals surface area contributed by atoms with Gasteiger partial charge in [0.2, 0.25) is 17.7 Å². The van der Waals surface area contributed by atoms with E-state index in [0.29, 0.717) is 17.1 Å². The Labute approximate surface area is 302 Å². The van der Waals surface area contributed by atoms with Crippen molar-refractivity contribution in [1.29, 1.82) is 0 Å². The van der Waals surface area contributed by atoms with Crippen LogP contribution in [-0.4, -0.2) is 121 Å². The fraction of sp³-hybridized carbons (Fsp3) is 0.441.